The summed E-state index contributed by atoms with van der Waals surface area (Å²) in [6.07, 6.45) is 2.92. The summed E-state index contributed by atoms with van der Waals surface area (Å²) >= 11 is 0. The number of carbonyl (C=O) groups excluding carboxylic acids is 2. The lowest BCUT2D eigenvalue weighted by molar-refractivity contribution is -0.384. The highest BCUT2D eigenvalue weighted by Crippen LogP contribution is 2.18. The molecule has 0 fully saturated rings. The van der Waals surface area contributed by atoms with Crippen molar-refractivity contribution in [3.63, 3.8) is 0 Å². The van der Waals surface area contributed by atoms with Gasteiger partial charge in [0.2, 0.25) is 5.91 Å². The lowest BCUT2D eigenvalue weighted by Crippen LogP contribution is -2.12. The normalized spacial score (nSPS) is 10.3. The molecule has 0 spiro atoms. The molecule has 27 heavy (non-hydrogen) atoms. The van der Waals surface area contributed by atoms with Crippen LogP contribution >= 0.6 is 0 Å². The summed E-state index contributed by atoms with van der Waals surface area (Å²) in [5, 5.41) is 20.2. The smallest absolute Gasteiger partial charge is 0.269 e. The van der Waals surface area contributed by atoms with Gasteiger partial charge in [-0.05, 0) is 30.3 Å². The number of benzene rings is 2. The minimum atomic E-state index is -0.485. The molecular formula is C18H15N5O4. The van der Waals surface area contributed by atoms with Crippen molar-refractivity contribution < 1.29 is 14.5 Å². The number of nitrogens with one attached hydrogen (secondary N) is 2. The number of amides is 2. The Labute approximate surface area is 153 Å². The van der Waals surface area contributed by atoms with Crippen molar-refractivity contribution in [2.45, 2.75) is 6.92 Å². The first-order chi connectivity index (χ1) is 12.9. The van der Waals surface area contributed by atoms with Gasteiger partial charge in [0.05, 0.1) is 22.4 Å². The van der Waals surface area contributed by atoms with Crippen LogP contribution in [-0.2, 0) is 4.79 Å². The van der Waals surface area contributed by atoms with E-state index in [9.17, 15) is 19.7 Å². The van der Waals surface area contributed by atoms with Crippen molar-refractivity contribution in [2.75, 3.05) is 10.6 Å². The number of nitro benzene ring substituents is 1. The molecule has 3 rings (SSSR count). The molecule has 0 aliphatic rings. The first-order valence-corrected chi connectivity index (χ1v) is 7.91. The molecule has 2 aromatic carbocycles. The van der Waals surface area contributed by atoms with E-state index in [-0.39, 0.29) is 17.5 Å². The summed E-state index contributed by atoms with van der Waals surface area (Å²) in [5.41, 5.74) is 1.98. The third-order valence-electron chi connectivity index (χ3n) is 3.61. The highest BCUT2D eigenvalue weighted by molar-refractivity contribution is 6.04. The fourth-order valence-electron chi connectivity index (χ4n) is 2.39. The van der Waals surface area contributed by atoms with E-state index in [0.717, 1.165) is 0 Å². The number of hydrogen-bond acceptors (Lipinski definition) is 5. The van der Waals surface area contributed by atoms with Crippen LogP contribution in [0.3, 0.4) is 0 Å². The van der Waals surface area contributed by atoms with E-state index >= 15 is 0 Å². The van der Waals surface area contributed by atoms with Gasteiger partial charge in [-0.3, -0.25) is 19.7 Å². The van der Waals surface area contributed by atoms with Crippen molar-refractivity contribution in [3.05, 3.63) is 76.6 Å². The molecule has 9 nitrogen and oxygen atoms in total. The molecule has 2 amide bonds. The zero-order valence-corrected chi connectivity index (χ0v) is 14.2. The summed E-state index contributed by atoms with van der Waals surface area (Å²) in [4.78, 5) is 33.7. The van der Waals surface area contributed by atoms with Gasteiger partial charge in [-0.25, -0.2) is 4.68 Å². The number of hydrogen-bond donors (Lipinski definition) is 2. The van der Waals surface area contributed by atoms with Gasteiger partial charge in [0.1, 0.15) is 0 Å². The molecule has 0 atom stereocenters. The van der Waals surface area contributed by atoms with Gasteiger partial charge in [0.15, 0.2) is 0 Å². The number of anilines is 2. The van der Waals surface area contributed by atoms with Crippen molar-refractivity contribution in [1.82, 2.24) is 9.78 Å². The lowest BCUT2D eigenvalue weighted by Gasteiger charge is -2.07. The maximum absolute atomic E-state index is 12.4. The predicted octanol–water partition coefficient (Wildman–Crippen LogP) is 2.99. The molecule has 136 valence electrons. The first-order valence-electron chi connectivity index (χ1n) is 7.91. The largest absolute Gasteiger partial charge is 0.326 e. The Morgan fingerprint density at radius 3 is 2.37 bits per heavy atom. The van der Waals surface area contributed by atoms with Gasteiger partial charge in [-0.2, -0.15) is 5.10 Å². The van der Waals surface area contributed by atoms with Crippen molar-refractivity contribution in [2.24, 2.45) is 0 Å². The molecule has 0 bridgehead atoms. The van der Waals surface area contributed by atoms with Gasteiger partial charge in [-0.15, -0.1) is 0 Å². The van der Waals surface area contributed by atoms with Crippen LogP contribution in [0.15, 0.2) is 60.9 Å². The third-order valence-corrected chi connectivity index (χ3v) is 3.61. The highest BCUT2D eigenvalue weighted by Gasteiger charge is 2.11. The van der Waals surface area contributed by atoms with Crippen molar-refractivity contribution in [3.8, 4) is 5.69 Å². The van der Waals surface area contributed by atoms with Crippen LogP contribution in [0.5, 0.6) is 0 Å². The molecule has 0 aliphatic heterocycles. The summed E-state index contributed by atoms with van der Waals surface area (Å²) in [5.74, 6) is -0.578. The quantitative estimate of drug-likeness (QED) is 0.532. The number of carbonyl (C=O) groups is 2. The molecule has 3 aromatic rings. The predicted molar refractivity (Wildman–Crippen MR) is 98.9 cm³/mol. The summed E-state index contributed by atoms with van der Waals surface area (Å²) in [7, 11) is 0. The van der Waals surface area contributed by atoms with Gasteiger partial charge >= 0.3 is 0 Å². The van der Waals surface area contributed by atoms with E-state index in [1.54, 1.807) is 36.4 Å². The summed E-state index contributed by atoms with van der Waals surface area (Å²) < 4.78 is 1.45. The van der Waals surface area contributed by atoms with Crippen LogP contribution in [0.25, 0.3) is 5.69 Å². The molecule has 0 unspecified atom stereocenters. The maximum atomic E-state index is 12.4. The fourth-order valence-corrected chi connectivity index (χ4v) is 2.39. The van der Waals surface area contributed by atoms with Gasteiger partial charge in [0, 0.05) is 36.6 Å². The SMILES string of the molecule is CC(=O)Nc1cccc(NC(=O)c2cnn(-c3ccc([N+](=O)[O-])cc3)c2)c1. The van der Waals surface area contributed by atoms with Crippen molar-refractivity contribution >= 4 is 28.9 Å². The number of nitrogens with zero attached hydrogens (tertiary/aromatic N) is 3. The van der Waals surface area contributed by atoms with E-state index < -0.39 is 4.92 Å². The van der Waals surface area contributed by atoms with E-state index in [1.165, 1.54) is 36.1 Å². The number of aromatic nitrogens is 2. The Balaban J connectivity index is 1.73. The highest BCUT2D eigenvalue weighted by atomic mass is 16.6. The second-order valence-electron chi connectivity index (χ2n) is 5.66. The minimum absolute atomic E-state index is 0.0251. The molecule has 0 saturated carbocycles. The molecule has 1 heterocycles. The molecule has 0 radical (unpaired) electrons. The Hall–Kier alpha value is -4.01. The van der Waals surface area contributed by atoms with Gasteiger partial charge in [-0.1, -0.05) is 6.07 Å². The Bertz CT molecular complexity index is 1010. The third kappa shape index (κ3) is 4.34. The van der Waals surface area contributed by atoms with Crippen LogP contribution in [0.4, 0.5) is 17.1 Å². The zero-order chi connectivity index (χ0) is 19.4. The average molecular weight is 365 g/mol. The number of nitro groups is 1. The van der Waals surface area contributed by atoms with Crippen LogP contribution in [0, 0.1) is 10.1 Å². The Morgan fingerprint density at radius 1 is 1.07 bits per heavy atom. The lowest BCUT2D eigenvalue weighted by atomic mass is 10.2. The van der Waals surface area contributed by atoms with Crippen LogP contribution in [0.1, 0.15) is 17.3 Å². The summed E-state index contributed by atoms with van der Waals surface area (Å²) in [6.45, 7) is 1.40. The van der Waals surface area contributed by atoms with E-state index in [4.69, 9.17) is 0 Å². The standard InChI is InChI=1S/C18H15N5O4/c1-12(24)20-14-3-2-4-15(9-14)21-18(25)13-10-19-22(11-13)16-5-7-17(8-6-16)23(26)27/h2-11H,1H3,(H,20,24)(H,21,25). The van der Waals surface area contributed by atoms with Crippen LogP contribution in [-0.4, -0.2) is 26.5 Å². The van der Waals surface area contributed by atoms with E-state index in [0.29, 0.717) is 22.6 Å². The molecule has 0 aliphatic carbocycles. The van der Waals surface area contributed by atoms with Crippen molar-refractivity contribution in [1.29, 1.82) is 0 Å². The maximum Gasteiger partial charge on any atom is 0.269 e. The monoisotopic (exact) mass is 365 g/mol. The second kappa shape index (κ2) is 7.48. The second-order valence-corrected chi connectivity index (χ2v) is 5.66. The van der Waals surface area contributed by atoms with Gasteiger partial charge < -0.3 is 10.6 Å². The molecular weight excluding hydrogens is 350 g/mol. The topological polar surface area (TPSA) is 119 Å². The van der Waals surface area contributed by atoms with Crippen LogP contribution in [0.2, 0.25) is 0 Å². The Morgan fingerprint density at radius 2 is 1.74 bits per heavy atom. The van der Waals surface area contributed by atoms with E-state index in [1.807, 2.05) is 0 Å². The molecule has 1 aromatic heterocycles. The number of rotatable bonds is 5. The molecule has 2 N–H and O–H groups in total. The van der Waals surface area contributed by atoms with Gasteiger partial charge in [0.25, 0.3) is 11.6 Å². The summed E-state index contributed by atoms with van der Waals surface area (Å²) in [6, 6.07) is 12.6. The van der Waals surface area contributed by atoms with E-state index in [2.05, 4.69) is 15.7 Å². The first kappa shape index (κ1) is 17.8. The molecule has 9 heteroatoms. The zero-order valence-electron chi connectivity index (χ0n) is 14.2. The Kier molecular flexibility index (Phi) is 4.93. The fraction of sp³-hybridized carbons (Fsp3) is 0.0556. The number of non-ortho nitro benzene ring substituents is 1. The average Bonchev–Trinajstić information content (AvgIpc) is 3.12. The minimum Gasteiger partial charge on any atom is -0.326 e. The van der Waals surface area contributed by atoms with Crippen LogP contribution < -0.4 is 10.6 Å². The molecule has 0 saturated heterocycles.